The molecule has 0 unspecified atom stereocenters. The predicted molar refractivity (Wildman–Crippen MR) is 59.6 cm³/mol. The summed E-state index contributed by atoms with van der Waals surface area (Å²) in [6.07, 6.45) is 0.604. The van der Waals surface area contributed by atoms with Crippen molar-refractivity contribution in [2.45, 2.75) is 13.5 Å². The average molecular weight is 269 g/mol. The van der Waals surface area contributed by atoms with Gasteiger partial charge in [-0.3, -0.25) is 0 Å². The summed E-state index contributed by atoms with van der Waals surface area (Å²) in [6, 6.07) is 1.57. The zero-order chi connectivity index (χ0) is 12.9. The van der Waals surface area contributed by atoms with Gasteiger partial charge in [0.15, 0.2) is 11.0 Å². The highest BCUT2D eigenvalue weighted by molar-refractivity contribution is 7.84. The largest absolute Gasteiger partial charge is 0.748 e. The molecule has 9 heteroatoms. The van der Waals surface area contributed by atoms with Gasteiger partial charge in [-0.05, 0) is 18.5 Å². The molecule has 0 spiro atoms. The molecule has 0 atom stereocenters. The highest BCUT2D eigenvalue weighted by atomic mass is 35.5. The molecule has 0 amide bonds. The van der Waals surface area contributed by atoms with Gasteiger partial charge in [-0.25, -0.2) is 13.0 Å². The summed E-state index contributed by atoms with van der Waals surface area (Å²) in [5, 5.41) is 0.324. The van der Waals surface area contributed by atoms with Gasteiger partial charge in [0.1, 0.15) is 0 Å². The monoisotopic (exact) mass is 268 g/mol. The van der Waals surface area contributed by atoms with Crippen molar-refractivity contribution in [3.8, 4) is 0 Å². The van der Waals surface area contributed by atoms with Crippen LogP contribution in [0.2, 0.25) is 5.15 Å². The van der Waals surface area contributed by atoms with Crippen molar-refractivity contribution < 1.29 is 17.5 Å². The number of nitrogens with two attached hydrogens (primary N) is 2. The van der Waals surface area contributed by atoms with Crippen LogP contribution < -0.4 is 16.0 Å². The van der Waals surface area contributed by atoms with E-state index in [-0.39, 0.29) is 0 Å². The van der Waals surface area contributed by atoms with Gasteiger partial charge >= 0.3 is 5.95 Å². The fourth-order valence-corrected chi connectivity index (χ4v) is 1.08. The number of rotatable bonds is 1. The van der Waals surface area contributed by atoms with Crippen LogP contribution in [0.3, 0.4) is 0 Å². The Morgan fingerprint density at radius 2 is 2.00 bits per heavy atom. The third kappa shape index (κ3) is 6.38. The molecule has 0 aliphatic heterocycles. The quantitative estimate of drug-likeness (QED) is 0.397. The minimum absolute atomic E-state index is 0.324. The Balaban J connectivity index is 0.000000385. The molecule has 0 aliphatic carbocycles. The van der Waals surface area contributed by atoms with Gasteiger partial charge in [0, 0.05) is 6.26 Å². The Morgan fingerprint density at radius 1 is 1.56 bits per heavy atom. The Kier molecular flexibility index (Phi) is 5.42. The maximum atomic E-state index is 9.08. The van der Waals surface area contributed by atoms with Crippen molar-refractivity contribution in [3.63, 3.8) is 0 Å². The van der Waals surface area contributed by atoms with E-state index >= 15 is 0 Å². The summed E-state index contributed by atoms with van der Waals surface area (Å²) in [5.41, 5.74) is 11.1. The van der Waals surface area contributed by atoms with Gasteiger partial charge in [0.25, 0.3) is 0 Å². The van der Waals surface area contributed by atoms with Crippen LogP contribution in [0.4, 0.5) is 11.8 Å². The fourth-order valence-electron chi connectivity index (χ4n) is 0.879. The summed E-state index contributed by atoms with van der Waals surface area (Å²) in [4.78, 5) is 3.83. The van der Waals surface area contributed by atoms with E-state index in [9.17, 15) is 0 Å². The Hall–Kier alpha value is -1.12. The van der Waals surface area contributed by atoms with Crippen LogP contribution in [0.15, 0.2) is 6.07 Å². The maximum Gasteiger partial charge on any atom is 0.346 e. The van der Waals surface area contributed by atoms with Crippen molar-refractivity contribution in [1.29, 1.82) is 0 Å². The van der Waals surface area contributed by atoms with Crippen LogP contribution in [-0.4, -0.2) is 24.2 Å². The summed E-state index contributed by atoms with van der Waals surface area (Å²) < 4.78 is 28.9. The van der Waals surface area contributed by atoms with E-state index in [2.05, 4.69) is 4.98 Å². The highest BCUT2D eigenvalue weighted by Gasteiger charge is 2.08. The molecular weight excluding hydrogens is 256 g/mol. The number of hydrogen-bond donors (Lipinski definition) is 2. The minimum atomic E-state index is -3.92. The lowest BCUT2D eigenvalue weighted by molar-refractivity contribution is -0.667. The van der Waals surface area contributed by atoms with Gasteiger partial charge in [-0.2, -0.15) is 0 Å². The summed E-state index contributed by atoms with van der Waals surface area (Å²) >= 11 is 5.59. The van der Waals surface area contributed by atoms with Gasteiger partial charge < -0.3 is 16.0 Å². The molecule has 0 aromatic carbocycles. The molecular formula is C7H13ClN4O3S. The van der Waals surface area contributed by atoms with E-state index in [0.717, 1.165) is 0 Å². The first-order valence-corrected chi connectivity index (χ1v) is 6.36. The molecule has 1 aromatic rings. The summed E-state index contributed by atoms with van der Waals surface area (Å²) in [6.45, 7) is 2.63. The first-order valence-electron chi connectivity index (χ1n) is 4.17. The molecule has 7 nitrogen and oxygen atoms in total. The van der Waals surface area contributed by atoms with Gasteiger partial charge in [0.05, 0.1) is 22.7 Å². The number of hydrogen-bond acceptors (Lipinski definition) is 6. The van der Waals surface area contributed by atoms with E-state index in [1.807, 2.05) is 6.92 Å². The second kappa shape index (κ2) is 5.83. The molecule has 0 aliphatic rings. The highest BCUT2D eigenvalue weighted by Crippen LogP contribution is 2.07. The molecule has 0 saturated carbocycles. The first kappa shape index (κ1) is 14.9. The standard InChI is InChI=1S/C6H9ClN4.CH4O3S/c1-2-11-5(8)3-4(7)10-6(11)9;1-5(2,3)4/h3H,2H2,1H3,(H3,8,9,10);1H3,(H,2,3,4). The molecule has 1 aromatic heterocycles. The van der Waals surface area contributed by atoms with Crippen LogP contribution in [0.5, 0.6) is 0 Å². The van der Waals surface area contributed by atoms with E-state index < -0.39 is 10.1 Å². The van der Waals surface area contributed by atoms with Gasteiger partial charge in [-0.1, -0.05) is 4.98 Å². The molecule has 1 heterocycles. The van der Waals surface area contributed by atoms with Crippen LogP contribution in [-0.2, 0) is 16.7 Å². The zero-order valence-corrected chi connectivity index (χ0v) is 10.4. The van der Waals surface area contributed by atoms with Crippen molar-refractivity contribution >= 4 is 33.5 Å². The van der Waals surface area contributed by atoms with Crippen LogP contribution in [0.25, 0.3) is 0 Å². The van der Waals surface area contributed by atoms with E-state index in [1.54, 1.807) is 10.6 Å². The average Bonchev–Trinajstić information content (AvgIpc) is 1.99. The topological polar surface area (TPSA) is 126 Å². The van der Waals surface area contributed by atoms with E-state index in [0.29, 0.717) is 29.7 Å². The van der Waals surface area contributed by atoms with Gasteiger partial charge in [0.2, 0.25) is 0 Å². The van der Waals surface area contributed by atoms with Crippen LogP contribution in [0.1, 0.15) is 6.92 Å². The lowest BCUT2D eigenvalue weighted by Crippen LogP contribution is -2.40. The first-order chi connectivity index (χ1) is 7.15. The van der Waals surface area contributed by atoms with E-state index in [1.165, 1.54) is 0 Å². The van der Waals surface area contributed by atoms with Crippen LogP contribution >= 0.6 is 11.6 Å². The number of aromatic nitrogens is 2. The molecule has 16 heavy (non-hydrogen) atoms. The Labute approximate surface area is 98.8 Å². The van der Waals surface area contributed by atoms with Crippen molar-refractivity contribution in [2.75, 3.05) is 17.7 Å². The third-order valence-electron chi connectivity index (χ3n) is 1.39. The smallest absolute Gasteiger partial charge is 0.346 e. The molecule has 4 N–H and O–H groups in total. The van der Waals surface area contributed by atoms with Crippen molar-refractivity contribution in [3.05, 3.63) is 11.2 Å². The van der Waals surface area contributed by atoms with Gasteiger partial charge in [-0.15, -0.1) is 0 Å². The third-order valence-corrected chi connectivity index (χ3v) is 1.59. The van der Waals surface area contributed by atoms with E-state index in [4.69, 9.17) is 36.0 Å². The number of anilines is 2. The Bertz CT molecular complexity index is 432. The maximum absolute atomic E-state index is 9.08. The number of halogens is 1. The molecule has 0 radical (unpaired) electrons. The lowest BCUT2D eigenvalue weighted by atomic mass is 10.5. The minimum Gasteiger partial charge on any atom is -0.748 e. The number of nitrogens with zero attached hydrogens (tertiary/aromatic N) is 2. The zero-order valence-electron chi connectivity index (χ0n) is 8.84. The molecule has 0 bridgehead atoms. The fraction of sp³-hybridized carbons (Fsp3) is 0.429. The second-order valence-corrected chi connectivity index (χ2v) is 4.61. The molecule has 0 saturated heterocycles. The Morgan fingerprint density at radius 3 is 2.31 bits per heavy atom. The SMILES string of the molecule is CC[n+]1c(N)cc(Cl)nc1N.CS(=O)(=O)[O-]. The molecule has 0 fully saturated rings. The van der Waals surface area contributed by atoms with Crippen LogP contribution in [0, 0.1) is 0 Å². The van der Waals surface area contributed by atoms with Crippen molar-refractivity contribution in [1.82, 2.24) is 4.98 Å². The molecule has 92 valence electrons. The lowest BCUT2D eigenvalue weighted by Gasteiger charge is -2.02. The summed E-state index contributed by atoms with van der Waals surface area (Å²) in [7, 11) is -3.92. The normalized spacial score (nSPS) is 10.5. The number of nitrogen functional groups attached to an aromatic ring is 2. The summed E-state index contributed by atoms with van der Waals surface area (Å²) in [5.74, 6) is 0.877. The molecule has 1 rings (SSSR count). The van der Waals surface area contributed by atoms with Crippen molar-refractivity contribution in [2.24, 2.45) is 0 Å². The second-order valence-electron chi connectivity index (χ2n) is 2.81. The predicted octanol–water partition coefficient (Wildman–Crippen LogP) is -0.632.